The zero-order valence-corrected chi connectivity index (χ0v) is 19.5. The van der Waals surface area contributed by atoms with Gasteiger partial charge in [0, 0.05) is 36.6 Å². The first-order valence-electron chi connectivity index (χ1n) is 11.1. The highest BCUT2D eigenvalue weighted by atomic mass is 16.4. The number of aliphatic carboxylic acids is 1. The van der Waals surface area contributed by atoms with Crippen LogP contribution in [0.4, 0.5) is 0 Å². The Labute approximate surface area is 201 Å². The zero-order valence-electron chi connectivity index (χ0n) is 19.5. The average Bonchev–Trinajstić information content (AvgIpc) is 3.50. The summed E-state index contributed by atoms with van der Waals surface area (Å²) in [5.41, 5.74) is 6.61. The number of hydrogen-bond acceptors (Lipinski definition) is 8. The van der Waals surface area contributed by atoms with E-state index in [1.54, 1.807) is 0 Å². The Kier molecular flexibility index (Phi) is 10.4. The maximum atomic E-state index is 13.1. The summed E-state index contributed by atoms with van der Waals surface area (Å²) in [6.07, 6.45) is 5.94. The van der Waals surface area contributed by atoms with Crippen LogP contribution in [0.2, 0.25) is 0 Å². The Bertz CT molecular complexity index is 963. The van der Waals surface area contributed by atoms with Crippen LogP contribution in [0.1, 0.15) is 31.7 Å². The second-order valence-electron chi connectivity index (χ2n) is 8.50. The van der Waals surface area contributed by atoms with Crippen molar-refractivity contribution in [2.75, 3.05) is 6.61 Å². The molecule has 2 aromatic heterocycles. The van der Waals surface area contributed by atoms with Crippen molar-refractivity contribution in [3.63, 3.8) is 0 Å². The van der Waals surface area contributed by atoms with Crippen LogP contribution in [0.5, 0.6) is 0 Å². The Morgan fingerprint density at radius 3 is 1.83 bits per heavy atom. The van der Waals surface area contributed by atoms with Gasteiger partial charge in [-0.3, -0.25) is 14.4 Å². The number of amides is 3. The second kappa shape index (κ2) is 13.2. The summed E-state index contributed by atoms with van der Waals surface area (Å²) >= 11 is 0. The smallest absolute Gasteiger partial charge is 0.326 e. The van der Waals surface area contributed by atoms with Crippen LogP contribution >= 0.6 is 0 Å². The van der Waals surface area contributed by atoms with E-state index in [9.17, 15) is 24.3 Å². The lowest BCUT2D eigenvalue weighted by Gasteiger charge is -2.25. The molecule has 192 valence electrons. The van der Waals surface area contributed by atoms with Crippen molar-refractivity contribution in [2.45, 2.75) is 57.3 Å². The van der Waals surface area contributed by atoms with E-state index in [1.165, 1.54) is 25.0 Å². The third-order valence-corrected chi connectivity index (χ3v) is 5.08. The molecule has 3 amide bonds. The number of carbonyl (C=O) groups is 4. The third kappa shape index (κ3) is 8.83. The van der Waals surface area contributed by atoms with Gasteiger partial charge in [-0.1, -0.05) is 13.8 Å². The van der Waals surface area contributed by atoms with Crippen molar-refractivity contribution in [1.29, 1.82) is 0 Å². The lowest BCUT2D eigenvalue weighted by Crippen LogP contribution is -2.58. The number of nitrogens with zero attached hydrogens (tertiary/aromatic N) is 2. The van der Waals surface area contributed by atoms with Crippen molar-refractivity contribution in [1.82, 2.24) is 35.9 Å². The highest BCUT2D eigenvalue weighted by molar-refractivity contribution is 5.94. The van der Waals surface area contributed by atoms with E-state index in [0.29, 0.717) is 11.4 Å². The number of imidazole rings is 2. The first kappa shape index (κ1) is 27.5. The molecule has 0 unspecified atom stereocenters. The number of H-pyrrole nitrogens is 2. The highest BCUT2D eigenvalue weighted by Gasteiger charge is 2.31. The van der Waals surface area contributed by atoms with Crippen molar-refractivity contribution >= 4 is 23.7 Å². The number of aliphatic hydroxyl groups excluding tert-OH is 1. The molecule has 35 heavy (non-hydrogen) atoms. The number of nitrogens with two attached hydrogens (primary N) is 1. The molecule has 2 heterocycles. The quantitative estimate of drug-likeness (QED) is 0.143. The second-order valence-corrected chi connectivity index (χ2v) is 8.50. The summed E-state index contributed by atoms with van der Waals surface area (Å²) in [5, 5.41) is 26.2. The first-order valence-corrected chi connectivity index (χ1v) is 11.1. The maximum absolute atomic E-state index is 13.1. The Balaban J connectivity index is 2.16. The predicted octanol–water partition coefficient (Wildman–Crippen LogP) is -2.18. The molecular weight excluding hydrogens is 460 g/mol. The molecule has 2 rings (SSSR count). The summed E-state index contributed by atoms with van der Waals surface area (Å²) in [7, 11) is 0. The third-order valence-electron chi connectivity index (χ3n) is 5.08. The fraction of sp³-hybridized carbons (Fsp3) is 0.524. The molecule has 0 fully saturated rings. The number of carboxylic acid groups (broad SMARTS) is 1. The summed E-state index contributed by atoms with van der Waals surface area (Å²) < 4.78 is 0. The van der Waals surface area contributed by atoms with Crippen molar-refractivity contribution < 1.29 is 29.4 Å². The van der Waals surface area contributed by atoms with Crippen LogP contribution in [-0.4, -0.2) is 84.6 Å². The largest absolute Gasteiger partial charge is 0.480 e. The van der Waals surface area contributed by atoms with Gasteiger partial charge in [0.05, 0.1) is 19.3 Å². The molecule has 4 atom stereocenters. The van der Waals surface area contributed by atoms with Crippen LogP contribution in [0.25, 0.3) is 0 Å². The van der Waals surface area contributed by atoms with Crippen LogP contribution in [0, 0.1) is 5.92 Å². The summed E-state index contributed by atoms with van der Waals surface area (Å²) in [6, 6.07) is -4.69. The van der Waals surface area contributed by atoms with Gasteiger partial charge in [-0.25, -0.2) is 14.8 Å². The van der Waals surface area contributed by atoms with Gasteiger partial charge in [0.15, 0.2) is 0 Å². The SMILES string of the molecule is CC(C)C[C@H](NC(=O)[C@H](Cc1cnc[nH]1)NC(=O)[C@@H](N)CO)C(=O)N[C@@H](Cc1cnc[nH]1)C(=O)O. The fourth-order valence-electron chi connectivity index (χ4n) is 3.25. The topological polar surface area (TPSA) is 228 Å². The number of aromatic nitrogens is 4. The molecule has 14 heteroatoms. The molecule has 14 nitrogen and oxygen atoms in total. The molecule has 0 bridgehead atoms. The Morgan fingerprint density at radius 2 is 1.37 bits per heavy atom. The van der Waals surface area contributed by atoms with Gasteiger partial charge in [-0.05, 0) is 12.3 Å². The van der Waals surface area contributed by atoms with Crippen LogP contribution < -0.4 is 21.7 Å². The van der Waals surface area contributed by atoms with E-state index in [-0.39, 0.29) is 25.2 Å². The standard InChI is InChI=1S/C21H32N8O6/c1-11(2)3-15(19(32)29-17(21(34)35)5-13-7-24-10-26-13)28-20(33)16(4-12-6-23-9-25-12)27-18(31)14(22)8-30/h6-7,9-11,14-17,30H,3-5,8,22H2,1-2H3,(H,23,25)(H,24,26)(H,27,31)(H,28,33)(H,29,32)(H,34,35)/t14-,15-,16-,17-/m0/s1. The summed E-state index contributed by atoms with van der Waals surface area (Å²) in [4.78, 5) is 63.4. The average molecular weight is 493 g/mol. The molecule has 0 aliphatic heterocycles. The van der Waals surface area contributed by atoms with Gasteiger partial charge in [0.25, 0.3) is 0 Å². The zero-order chi connectivity index (χ0) is 26.0. The van der Waals surface area contributed by atoms with Crippen molar-refractivity contribution in [3.05, 3.63) is 36.4 Å². The molecule has 9 N–H and O–H groups in total. The molecule has 2 aromatic rings. The van der Waals surface area contributed by atoms with E-state index < -0.39 is 54.5 Å². The summed E-state index contributed by atoms with van der Waals surface area (Å²) in [5.74, 6) is -3.38. The lowest BCUT2D eigenvalue weighted by atomic mass is 10.0. The molecular formula is C21H32N8O6. The maximum Gasteiger partial charge on any atom is 0.326 e. The molecule has 0 radical (unpaired) electrons. The van der Waals surface area contributed by atoms with E-state index >= 15 is 0 Å². The molecule has 0 spiro atoms. The normalized spacial score (nSPS) is 14.5. The molecule has 0 aliphatic carbocycles. The number of hydrogen-bond donors (Lipinski definition) is 8. The van der Waals surface area contributed by atoms with E-state index in [0.717, 1.165) is 0 Å². The monoisotopic (exact) mass is 492 g/mol. The van der Waals surface area contributed by atoms with Gasteiger partial charge in [-0.2, -0.15) is 0 Å². The minimum absolute atomic E-state index is 0.0172. The fourth-order valence-corrected chi connectivity index (χ4v) is 3.25. The predicted molar refractivity (Wildman–Crippen MR) is 123 cm³/mol. The minimum atomic E-state index is -1.25. The number of carbonyl (C=O) groups excluding carboxylic acids is 3. The van der Waals surface area contributed by atoms with Crippen molar-refractivity contribution in [2.24, 2.45) is 11.7 Å². The first-order chi connectivity index (χ1) is 16.6. The van der Waals surface area contributed by atoms with Gasteiger partial charge in [0.2, 0.25) is 17.7 Å². The van der Waals surface area contributed by atoms with Gasteiger partial charge in [0.1, 0.15) is 24.2 Å². The van der Waals surface area contributed by atoms with Crippen LogP contribution in [0.15, 0.2) is 25.0 Å². The van der Waals surface area contributed by atoms with Gasteiger partial charge < -0.3 is 41.9 Å². The molecule has 0 saturated heterocycles. The number of carboxylic acids is 1. The molecule has 0 aliphatic rings. The van der Waals surface area contributed by atoms with E-state index in [2.05, 4.69) is 35.9 Å². The number of rotatable bonds is 14. The van der Waals surface area contributed by atoms with E-state index in [4.69, 9.17) is 10.8 Å². The van der Waals surface area contributed by atoms with Crippen molar-refractivity contribution in [3.8, 4) is 0 Å². The van der Waals surface area contributed by atoms with E-state index in [1.807, 2.05) is 13.8 Å². The van der Waals surface area contributed by atoms with Crippen LogP contribution in [-0.2, 0) is 32.0 Å². The summed E-state index contributed by atoms with van der Waals surface area (Å²) in [6.45, 7) is 3.07. The molecule has 0 saturated carbocycles. The minimum Gasteiger partial charge on any atom is -0.480 e. The Morgan fingerprint density at radius 1 is 0.886 bits per heavy atom. The van der Waals surface area contributed by atoms with Gasteiger partial charge >= 0.3 is 5.97 Å². The number of aliphatic hydroxyl groups is 1. The number of nitrogens with one attached hydrogen (secondary N) is 5. The Hall–Kier alpha value is -3.78. The number of aromatic amines is 2. The lowest BCUT2D eigenvalue weighted by molar-refractivity contribution is -0.142. The van der Waals surface area contributed by atoms with Crippen LogP contribution in [0.3, 0.4) is 0 Å². The van der Waals surface area contributed by atoms with Gasteiger partial charge in [-0.15, -0.1) is 0 Å². The highest BCUT2D eigenvalue weighted by Crippen LogP contribution is 2.08. The molecule has 0 aromatic carbocycles.